The standard InChI is InChI=1S/C17H19N3O2/c1-12-5-4-6-13(11-12)7-8-15-14-9-10-20(16(14)22-18-15)17(21)19(2)3/h4-6,11,14,16H,9-10H2,1-3H3. The third kappa shape index (κ3) is 2.64. The number of aryl methyl sites for hydroxylation is 1. The monoisotopic (exact) mass is 297 g/mol. The maximum atomic E-state index is 12.1. The van der Waals surface area contributed by atoms with Crippen LogP contribution in [0.2, 0.25) is 0 Å². The largest absolute Gasteiger partial charge is 0.369 e. The Morgan fingerprint density at radius 3 is 2.95 bits per heavy atom. The SMILES string of the molecule is Cc1cccc(C#CC2=NOC3C2CCN3C(=O)N(C)C)c1. The number of likely N-dealkylation sites (tertiary alicyclic amines) is 1. The van der Waals surface area contributed by atoms with Crippen molar-refractivity contribution in [2.24, 2.45) is 11.1 Å². The number of carbonyl (C=O) groups is 1. The van der Waals surface area contributed by atoms with Crippen molar-refractivity contribution in [2.75, 3.05) is 20.6 Å². The maximum Gasteiger partial charge on any atom is 0.322 e. The van der Waals surface area contributed by atoms with Gasteiger partial charge in [0.05, 0.1) is 5.92 Å². The highest BCUT2D eigenvalue weighted by Crippen LogP contribution is 2.31. The third-order valence-electron chi connectivity index (χ3n) is 3.92. The van der Waals surface area contributed by atoms with E-state index in [-0.39, 0.29) is 18.2 Å². The van der Waals surface area contributed by atoms with Crippen LogP contribution < -0.4 is 0 Å². The molecule has 0 aromatic heterocycles. The van der Waals surface area contributed by atoms with Gasteiger partial charge in [-0.3, -0.25) is 4.90 Å². The summed E-state index contributed by atoms with van der Waals surface area (Å²) in [5.41, 5.74) is 2.88. The summed E-state index contributed by atoms with van der Waals surface area (Å²) in [5, 5.41) is 4.08. The summed E-state index contributed by atoms with van der Waals surface area (Å²) in [6.45, 7) is 2.72. The zero-order valence-electron chi connectivity index (χ0n) is 13.0. The Bertz CT molecular complexity index is 685. The van der Waals surface area contributed by atoms with Crippen molar-refractivity contribution in [1.29, 1.82) is 0 Å². The molecule has 22 heavy (non-hydrogen) atoms. The number of amides is 2. The molecular weight excluding hydrogens is 278 g/mol. The number of benzene rings is 1. The van der Waals surface area contributed by atoms with Crippen molar-refractivity contribution in [3.8, 4) is 11.8 Å². The van der Waals surface area contributed by atoms with Crippen LogP contribution >= 0.6 is 0 Å². The Morgan fingerprint density at radius 1 is 1.41 bits per heavy atom. The average Bonchev–Trinajstić information content (AvgIpc) is 3.06. The molecular formula is C17H19N3O2. The Morgan fingerprint density at radius 2 is 2.23 bits per heavy atom. The fourth-order valence-corrected chi connectivity index (χ4v) is 2.78. The third-order valence-corrected chi connectivity index (χ3v) is 3.92. The predicted molar refractivity (Wildman–Crippen MR) is 84.3 cm³/mol. The fourth-order valence-electron chi connectivity index (χ4n) is 2.78. The van der Waals surface area contributed by atoms with E-state index in [1.54, 1.807) is 23.9 Å². The lowest BCUT2D eigenvalue weighted by Crippen LogP contribution is -2.43. The molecule has 1 aromatic rings. The summed E-state index contributed by atoms with van der Waals surface area (Å²) < 4.78 is 0. The normalized spacial score (nSPS) is 22.3. The summed E-state index contributed by atoms with van der Waals surface area (Å²) in [6.07, 6.45) is 0.530. The van der Waals surface area contributed by atoms with E-state index in [4.69, 9.17) is 4.84 Å². The summed E-state index contributed by atoms with van der Waals surface area (Å²) in [6, 6.07) is 8.00. The molecule has 2 aliphatic rings. The van der Waals surface area contributed by atoms with Crippen LogP contribution in [-0.4, -0.2) is 48.4 Å². The molecule has 0 spiro atoms. The minimum atomic E-state index is -0.309. The molecule has 0 saturated carbocycles. The number of rotatable bonds is 0. The van der Waals surface area contributed by atoms with Gasteiger partial charge >= 0.3 is 6.03 Å². The van der Waals surface area contributed by atoms with Crippen molar-refractivity contribution in [3.63, 3.8) is 0 Å². The van der Waals surface area contributed by atoms with Gasteiger partial charge in [0.25, 0.3) is 0 Å². The van der Waals surface area contributed by atoms with Crippen LogP contribution in [0.4, 0.5) is 4.79 Å². The van der Waals surface area contributed by atoms with E-state index in [9.17, 15) is 4.79 Å². The Labute approximate surface area is 130 Å². The van der Waals surface area contributed by atoms with Crippen molar-refractivity contribution in [1.82, 2.24) is 9.80 Å². The molecule has 0 radical (unpaired) electrons. The number of carbonyl (C=O) groups excluding carboxylic acids is 1. The van der Waals surface area contributed by atoms with Gasteiger partial charge in [0.1, 0.15) is 5.71 Å². The molecule has 2 amide bonds. The lowest BCUT2D eigenvalue weighted by Gasteiger charge is -2.25. The van der Waals surface area contributed by atoms with Crippen molar-refractivity contribution in [2.45, 2.75) is 19.6 Å². The second-order valence-electron chi connectivity index (χ2n) is 5.86. The van der Waals surface area contributed by atoms with Gasteiger partial charge in [0.15, 0.2) is 0 Å². The summed E-state index contributed by atoms with van der Waals surface area (Å²) in [7, 11) is 3.48. The first-order valence-electron chi connectivity index (χ1n) is 7.36. The van der Waals surface area contributed by atoms with Crippen LogP contribution in [0.3, 0.4) is 0 Å². The van der Waals surface area contributed by atoms with E-state index in [1.807, 2.05) is 31.2 Å². The molecule has 5 nitrogen and oxygen atoms in total. The highest BCUT2D eigenvalue weighted by Gasteiger charge is 2.45. The predicted octanol–water partition coefficient (Wildman–Crippen LogP) is 2.06. The number of hydrogen-bond donors (Lipinski definition) is 0. The summed E-state index contributed by atoms with van der Waals surface area (Å²) >= 11 is 0. The van der Waals surface area contributed by atoms with Gasteiger partial charge in [0, 0.05) is 26.2 Å². The Hall–Kier alpha value is -2.48. The molecule has 2 atom stereocenters. The highest BCUT2D eigenvalue weighted by atomic mass is 16.7. The topological polar surface area (TPSA) is 45.1 Å². The van der Waals surface area contributed by atoms with Gasteiger partial charge in [-0.05, 0) is 37.0 Å². The number of urea groups is 1. The zero-order valence-corrected chi connectivity index (χ0v) is 13.0. The maximum absolute atomic E-state index is 12.1. The Kier molecular flexibility index (Phi) is 3.76. The smallest absolute Gasteiger partial charge is 0.322 e. The molecule has 5 heteroatoms. The number of hydrogen-bond acceptors (Lipinski definition) is 3. The molecule has 1 saturated heterocycles. The van der Waals surface area contributed by atoms with E-state index in [0.29, 0.717) is 6.54 Å². The molecule has 0 aliphatic carbocycles. The lowest BCUT2D eigenvalue weighted by atomic mass is 10.0. The van der Waals surface area contributed by atoms with Crippen LogP contribution in [0.5, 0.6) is 0 Å². The minimum Gasteiger partial charge on any atom is -0.369 e. The van der Waals surface area contributed by atoms with Gasteiger partial charge < -0.3 is 9.74 Å². The molecule has 3 rings (SSSR count). The summed E-state index contributed by atoms with van der Waals surface area (Å²) in [4.78, 5) is 20.8. The van der Waals surface area contributed by atoms with E-state index >= 15 is 0 Å². The van der Waals surface area contributed by atoms with Gasteiger partial charge in [-0.1, -0.05) is 23.2 Å². The first-order chi connectivity index (χ1) is 10.6. The van der Waals surface area contributed by atoms with Crippen molar-refractivity contribution >= 4 is 11.7 Å². The molecule has 114 valence electrons. The summed E-state index contributed by atoms with van der Waals surface area (Å²) in [5.74, 6) is 6.33. The van der Waals surface area contributed by atoms with Crippen LogP contribution in [0.1, 0.15) is 17.5 Å². The molecule has 1 fully saturated rings. The number of fused-ring (bicyclic) bond motifs is 1. The van der Waals surface area contributed by atoms with Gasteiger partial charge in [-0.15, -0.1) is 0 Å². The first-order valence-corrected chi connectivity index (χ1v) is 7.36. The van der Waals surface area contributed by atoms with E-state index in [1.165, 1.54) is 5.56 Å². The van der Waals surface area contributed by atoms with Crippen LogP contribution in [-0.2, 0) is 4.84 Å². The van der Waals surface area contributed by atoms with Crippen LogP contribution in [0, 0.1) is 24.7 Å². The second kappa shape index (κ2) is 5.72. The van der Waals surface area contributed by atoms with E-state index in [0.717, 1.165) is 17.7 Å². The zero-order chi connectivity index (χ0) is 15.7. The lowest BCUT2D eigenvalue weighted by molar-refractivity contribution is -0.0113. The molecule has 1 aromatic carbocycles. The van der Waals surface area contributed by atoms with Crippen molar-refractivity contribution in [3.05, 3.63) is 35.4 Å². The first kappa shape index (κ1) is 14.5. The minimum absolute atomic E-state index is 0.0457. The van der Waals surface area contributed by atoms with Crippen molar-refractivity contribution < 1.29 is 9.63 Å². The highest BCUT2D eigenvalue weighted by molar-refractivity contribution is 6.03. The Balaban J connectivity index is 1.73. The molecule has 2 aliphatic heterocycles. The van der Waals surface area contributed by atoms with Crippen LogP contribution in [0.15, 0.2) is 29.4 Å². The van der Waals surface area contributed by atoms with E-state index in [2.05, 4.69) is 17.0 Å². The molecule has 2 unspecified atom stereocenters. The number of nitrogens with zero attached hydrogens (tertiary/aromatic N) is 3. The molecule has 0 bridgehead atoms. The van der Waals surface area contributed by atoms with E-state index < -0.39 is 0 Å². The number of oxime groups is 1. The quantitative estimate of drug-likeness (QED) is 0.688. The average molecular weight is 297 g/mol. The van der Waals surface area contributed by atoms with Gasteiger partial charge in [-0.2, -0.15) is 0 Å². The molecule has 0 N–H and O–H groups in total. The van der Waals surface area contributed by atoms with Gasteiger partial charge in [0.2, 0.25) is 6.23 Å². The fraction of sp³-hybridized carbons (Fsp3) is 0.412. The molecule has 2 heterocycles. The van der Waals surface area contributed by atoms with Crippen LogP contribution in [0.25, 0.3) is 0 Å². The second-order valence-corrected chi connectivity index (χ2v) is 5.86. The van der Waals surface area contributed by atoms with Gasteiger partial charge in [-0.25, -0.2) is 4.79 Å².